The molecule has 0 saturated heterocycles. The summed E-state index contributed by atoms with van der Waals surface area (Å²) >= 11 is 0. The number of nitrogens with one attached hydrogen (secondary N) is 1. The van der Waals surface area contributed by atoms with Crippen LogP contribution in [0.2, 0.25) is 0 Å². The summed E-state index contributed by atoms with van der Waals surface area (Å²) in [7, 11) is 3.95. The third-order valence-electron chi connectivity index (χ3n) is 5.62. The average molecular weight is 426 g/mol. The van der Waals surface area contributed by atoms with Crippen molar-refractivity contribution in [3.05, 3.63) is 101 Å². The number of carbonyl (C=O) groups is 2. The standard InChI is InChI=1S/C27H27N3O2/c1-18-5-9-20(10-6-18)17-30-26(31)24(21-11-7-19(2)8-12-21)25(27(30)32)28-22-13-15-23(16-14-22)29(3)4/h5-16,28H,17H2,1-4H3. The molecule has 0 radical (unpaired) electrons. The Labute approximate surface area is 189 Å². The Morgan fingerprint density at radius 1 is 0.750 bits per heavy atom. The van der Waals surface area contributed by atoms with E-state index in [1.165, 1.54) is 4.90 Å². The van der Waals surface area contributed by atoms with Crippen molar-refractivity contribution in [3.8, 4) is 0 Å². The second-order valence-electron chi connectivity index (χ2n) is 8.36. The van der Waals surface area contributed by atoms with Gasteiger partial charge in [-0.3, -0.25) is 14.5 Å². The van der Waals surface area contributed by atoms with Crippen LogP contribution in [0.15, 0.2) is 78.5 Å². The van der Waals surface area contributed by atoms with Crippen LogP contribution in [0.1, 0.15) is 22.3 Å². The third kappa shape index (κ3) is 4.28. The van der Waals surface area contributed by atoms with Gasteiger partial charge in [0.05, 0.1) is 12.1 Å². The summed E-state index contributed by atoms with van der Waals surface area (Å²) in [6.45, 7) is 4.24. The number of amides is 2. The maximum Gasteiger partial charge on any atom is 0.278 e. The SMILES string of the molecule is Cc1ccc(CN2C(=O)C(Nc3ccc(N(C)C)cc3)=C(c3ccc(C)cc3)C2=O)cc1. The van der Waals surface area contributed by atoms with Crippen LogP contribution in [0.5, 0.6) is 0 Å². The van der Waals surface area contributed by atoms with Crippen LogP contribution in [-0.2, 0) is 16.1 Å². The van der Waals surface area contributed by atoms with E-state index in [2.05, 4.69) is 5.32 Å². The van der Waals surface area contributed by atoms with E-state index in [-0.39, 0.29) is 18.4 Å². The van der Waals surface area contributed by atoms with E-state index in [4.69, 9.17) is 0 Å². The normalized spacial score (nSPS) is 13.7. The molecule has 0 aromatic heterocycles. The lowest BCUT2D eigenvalue weighted by molar-refractivity contribution is -0.137. The Kier molecular flexibility index (Phi) is 5.82. The van der Waals surface area contributed by atoms with Gasteiger partial charge in [0.15, 0.2) is 0 Å². The molecule has 1 heterocycles. The first-order chi connectivity index (χ1) is 15.3. The summed E-state index contributed by atoms with van der Waals surface area (Å²) in [5.41, 5.74) is 6.39. The molecule has 0 atom stereocenters. The Bertz CT molecular complexity index is 1180. The molecule has 3 aromatic carbocycles. The van der Waals surface area contributed by atoms with Crippen molar-refractivity contribution in [1.82, 2.24) is 4.90 Å². The van der Waals surface area contributed by atoms with Gasteiger partial charge in [0.25, 0.3) is 11.8 Å². The molecule has 5 nitrogen and oxygen atoms in total. The molecular weight excluding hydrogens is 398 g/mol. The summed E-state index contributed by atoms with van der Waals surface area (Å²) in [6, 6.07) is 23.3. The van der Waals surface area contributed by atoms with Crippen LogP contribution in [0.25, 0.3) is 5.57 Å². The minimum absolute atomic E-state index is 0.234. The van der Waals surface area contributed by atoms with Crippen molar-refractivity contribution in [1.29, 1.82) is 0 Å². The van der Waals surface area contributed by atoms with Gasteiger partial charge >= 0.3 is 0 Å². The number of anilines is 2. The predicted octanol–water partition coefficient (Wildman–Crippen LogP) is 4.76. The van der Waals surface area contributed by atoms with Gasteiger partial charge in [0.2, 0.25) is 0 Å². The van der Waals surface area contributed by atoms with Crippen molar-refractivity contribution in [3.63, 3.8) is 0 Å². The van der Waals surface area contributed by atoms with Crippen LogP contribution in [-0.4, -0.2) is 30.8 Å². The van der Waals surface area contributed by atoms with E-state index in [0.29, 0.717) is 11.3 Å². The summed E-state index contributed by atoms with van der Waals surface area (Å²) in [5.74, 6) is -0.602. The molecule has 32 heavy (non-hydrogen) atoms. The number of hydrogen-bond acceptors (Lipinski definition) is 4. The van der Waals surface area contributed by atoms with E-state index >= 15 is 0 Å². The summed E-state index contributed by atoms with van der Waals surface area (Å²) in [6.07, 6.45) is 0. The predicted molar refractivity (Wildman–Crippen MR) is 129 cm³/mol. The van der Waals surface area contributed by atoms with Crippen LogP contribution in [0.4, 0.5) is 11.4 Å². The van der Waals surface area contributed by atoms with Crippen molar-refractivity contribution >= 4 is 28.8 Å². The zero-order valence-corrected chi connectivity index (χ0v) is 18.8. The molecule has 3 aromatic rings. The molecule has 0 unspecified atom stereocenters. The highest BCUT2D eigenvalue weighted by Gasteiger charge is 2.39. The maximum atomic E-state index is 13.4. The van der Waals surface area contributed by atoms with E-state index < -0.39 is 0 Å². The van der Waals surface area contributed by atoms with E-state index in [9.17, 15) is 9.59 Å². The highest BCUT2D eigenvalue weighted by molar-refractivity contribution is 6.36. The lowest BCUT2D eigenvalue weighted by Crippen LogP contribution is -2.32. The van der Waals surface area contributed by atoms with E-state index in [1.807, 2.05) is 106 Å². The highest BCUT2D eigenvalue weighted by Crippen LogP contribution is 2.32. The molecule has 1 N–H and O–H groups in total. The first-order valence-electron chi connectivity index (χ1n) is 10.6. The van der Waals surface area contributed by atoms with Crippen LogP contribution >= 0.6 is 0 Å². The lowest BCUT2D eigenvalue weighted by Gasteiger charge is -2.16. The van der Waals surface area contributed by atoms with Crippen molar-refractivity contribution in [2.75, 3.05) is 24.3 Å². The summed E-state index contributed by atoms with van der Waals surface area (Å²) in [5, 5.41) is 3.22. The topological polar surface area (TPSA) is 52.7 Å². The number of benzene rings is 3. The van der Waals surface area contributed by atoms with E-state index in [0.717, 1.165) is 33.6 Å². The molecule has 0 bridgehead atoms. The smallest absolute Gasteiger partial charge is 0.278 e. The minimum Gasteiger partial charge on any atom is -0.378 e. The number of aryl methyl sites for hydroxylation is 2. The van der Waals surface area contributed by atoms with Gasteiger partial charge in [-0.1, -0.05) is 59.7 Å². The van der Waals surface area contributed by atoms with Crippen molar-refractivity contribution in [2.45, 2.75) is 20.4 Å². The number of hydrogen-bond donors (Lipinski definition) is 1. The molecular formula is C27H27N3O2. The molecule has 0 fully saturated rings. The molecule has 0 aliphatic carbocycles. The second kappa shape index (κ2) is 8.71. The van der Waals surface area contributed by atoms with Gasteiger partial charge in [-0.2, -0.15) is 0 Å². The fourth-order valence-corrected chi connectivity index (χ4v) is 3.69. The van der Waals surface area contributed by atoms with Gasteiger partial charge < -0.3 is 10.2 Å². The first-order valence-corrected chi connectivity index (χ1v) is 10.6. The van der Waals surface area contributed by atoms with Crippen molar-refractivity contribution in [2.24, 2.45) is 0 Å². The molecule has 4 rings (SSSR count). The quantitative estimate of drug-likeness (QED) is 0.579. The fraction of sp³-hybridized carbons (Fsp3) is 0.185. The van der Waals surface area contributed by atoms with Gasteiger partial charge in [0.1, 0.15) is 5.70 Å². The number of nitrogens with zero attached hydrogens (tertiary/aromatic N) is 2. The van der Waals surface area contributed by atoms with Crippen LogP contribution < -0.4 is 10.2 Å². The molecule has 1 aliphatic rings. The molecule has 1 aliphatic heterocycles. The minimum atomic E-state index is -0.317. The van der Waals surface area contributed by atoms with Crippen LogP contribution in [0.3, 0.4) is 0 Å². The molecule has 0 spiro atoms. The highest BCUT2D eigenvalue weighted by atomic mass is 16.2. The lowest BCUT2D eigenvalue weighted by atomic mass is 10.0. The largest absolute Gasteiger partial charge is 0.378 e. The zero-order valence-electron chi connectivity index (χ0n) is 18.8. The van der Waals surface area contributed by atoms with Gasteiger partial charge in [0, 0.05) is 25.5 Å². The van der Waals surface area contributed by atoms with Crippen molar-refractivity contribution < 1.29 is 9.59 Å². The summed E-state index contributed by atoms with van der Waals surface area (Å²) in [4.78, 5) is 30.1. The number of imide groups is 1. The maximum absolute atomic E-state index is 13.4. The first kappa shape index (κ1) is 21.4. The van der Waals surface area contributed by atoms with Crippen LogP contribution in [0, 0.1) is 13.8 Å². The molecule has 5 heteroatoms. The molecule has 162 valence electrons. The number of carbonyl (C=O) groups excluding carboxylic acids is 2. The van der Waals surface area contributed by atoms with E-state index in [1.54, 1.807) is 0 Å². The fourth-order valence-electron chi connectivity index (χ4n) is 3.69. The Morgan fingerprint density at radius 2 is 1.31 bits per heavy atom. The molecule has 2 amide bonds. The van der Waals surface area contributed by atoms with Gasteiger partial charge in [-0.05, 0) is 49.2 Å². The monoisotopic (exact) mass is 425 g/mol. The zero-order chi connectivity index (χ0) is 22.8. The Morgan fingerprint density at radius 3 is 1.88 bits per heavy atom. The summed E-state index contributed by atoms with van der Waals surface area (Å²) < 4.78 is 0. The number of rotatable bonds is 6. The van der Waals surface area contributed by atoms with Gasteiger partial charge in [-0.25, -0.2) is 0 Å². The third-order valence-corrected chi connectivity index (χ3v) is 5.62. The molecule has 0 saturated carbocycles. The Hall–Kier alpha value is -3.86. The van der Waals surface area contributed by atoms with Gasteiger partial charge in [-0.15, -0.1) is 0 Å². The Balaban J connectivity index is 1.70. The average Bonchev–Trinajstić information content (AvgIpc) is 3.00. The second-order valence-corrected chi connectivity index (χ2v) is 8.36.